The summed E-state index contributed by atoms with van der Waals surface area (Å²) in [6, 6.07) is 3.34. The Morgan fingerprint density at radius 1 is 1.53 bits per heavy atom. The molecule has 0 aliphatic carbocycles. The largest absolute Gasteiger partial charge is 0.338 e. The number of sulfonamides is 1. The van der Waals surface area contributed by atoms with Crippen LogP contribution >= 0.6 is 11.3 Å². The fourth-order valence-electron chi connectivity index (χ4n) is 1.48. The number of aryl methyl sites for hydroxylation is 1. The van der Waals surface area contributed by atoms with Crippen molar-refractivity contribution in [3.8, 4) is 0 Å². The molecule has 19 heavy (non-hydrogen) atoms. The van der Waals surface area contributed by atoms with Gasteiger partial charge in [-0.1, -0.05) is 6.08 Å². The third-order valence-electron chi connectivity index (χ3n) is 2.45. The molecule has 0 saturated heterocycles. The molecular formula is C12H18N2O3S2. The van der Waals surface area contributed by atoms with Gasteiger partial charge in [-0.2, -0.15) is 0 Å². The van der Waals surface area contributed by atoms with Crippen LogP contribution in [0.5, 0.6) is 0 Å². The third-order valence-corrected chi connectivity index (χ3v) is 5.40. The molecule has 1 aromatic rings. The molecule has 1 amide bonds. The van der Waals surface area contributed by atoms with Crippen LogP contribution in [-0.4, -0.2) is 38.9 Å². The fraction of sp³-hybridized carbons (Fsp3) is 0.417. The van der Waals surface area contributed by atoms with Crippen molar-refractivity contribution in [1.29, 1.82) is 0 Å². The molecule has 1 N–H and O–H groups in total. The molecule has 106 valence electrons. The molecule has 1 aromatic heterocycles. The topological polar surface area (TPSA) is 66.5 Å². The SMILES string of the molecule is C=CCN(CCNS(=O)(=O)c1ccc(C)s1)C(C)=O. The first kappa shape index (κ1) is 15.9. The number of carbonyl (C=O) groups excluding carboxylic acids is 1. The zero-order valence-corrected chi connectivity index (χ0v) is 12.7. The lowest BCUT2D eigenvalue weighted by Gasteiger charge is -2.19. The van der Waals surface area contributed by atoms with Crippen molar-refractivity contribution in [2.24, 2.45) is 0 Å². The molecule has 0 unspecified atom stereocenters. The van der Waals surface area contributed by atoms with Gasteiger partial charge in [-0.3, -0.25) is 4.79 Å². The smallest absolute Gasteiger partial charge is 0.250 e. The van der Waals surface area contributed by atoms with E-state index in [0.717, 1.165) is 4.88 Å². The van der Waals surface area contributed by atoms with Crippen molar-refractivity contribution in [2.45, 2.75) is 18.1 Å². The van der Waals surface area contributed by atoms with Crippen LogP contribution in [0.25, 0.3) is 0 Å². The molecule has 5 nitrogen and oxygen atoms in total. The van der Waals surface area contributed by atoms with Gasteiger partial charge in [0, 0.05) is 31.4 Å². The maximum absolute atomic E-state index is 11.9. The lowest BCUT2D eigenvalue weighted by atomic mass is 10.4. The van der Waals surface area contributed by atoms with E-state index in [0.29, 0.717) is 17.3 Å². The second-order valence-corrected chi connectivity index (χ2v) is 7.30. The number of amides is 1. The highest BCUT2D eigenvalue weighted by molar-refractivity contribution is 7.91. The summed E-state index contributed by atoms with van der Waals surface area (Å²) in [5, 5.41) is 0. The fourth-order valence-corrected chi connectivity index (χ4v) is 3.82. The van der Waals surface area contributed by atoms with Crippen LogP contribution in [0, 0.1) is 6.92 Å². The average molecular weight is 302 g/mol. The maximum Gasteiger partial charge on any atom is 0.250 e. The molecule has 0 saturated carbocycles. The van der Waals surface area contributed by atoms with Gasteiger partial charge in [-0.15, -0.1) is 17.9 Å². The summed E-state index contributed by atoms with van der Waals surface area (Å²) in [6.45, 7) is 7.78. The molecule has 0 atom stereocenters. The Kier molecular flexibility index (Phi) is 5.71. The Morgan fingerprint density at radius 3 is 2.68 bits per heavy atom. The number of nitrogens with zero attached hydrogens (tertiary/aromatic N) is 1. The summed E-state index contributed by atoms with van der Waals surface area (Å²) in [7, 11) is -3.47. The van der Waals surface area contributed by atoms with Crippen molar-refractivity contribution >= 4 is 27.3 Å². The van der Waals surface area contributed by atoms with E-state index in [1.807, 2.05) is 6.92 Å². The molecule has 0 spiro atoms. The van der Waals surface area contributed by atoms with Gasteiger partial charge in [0.15, 0.2) is 0 Å². The van der Waals surface area contributed by atoms with Gasteiger partial charge in [-0.05, 0) is 19.1 Å². The van der Waals surface area contributed by atoms with Gasteiger partial charge in [-0.25, -0.2) is 13.1 Å². The summed E-state index contributed by atoms with van der Waals surface area (Å²) in [5.41, 5.74) is 0. The van der Waals surface area contributed by atoms with Gasteiger partial charge in [0.2, 0.25) is 15.9 Å². The number of hydrogen-bond donors (Lipinski definition) is 1. The van der Waals surface area contributed by atoms with Crippen molar-refractivity contribution in [2.75, 3.05) is 19.6 Å². The Morgan fingerprint density at radius 2 is 2.21 bits per heavy atom. The molecule has 0 bridgehead atoms. The van der Waals surface area contributed by atoms with Crippen LogP contribution in [0.15, 0.2) is 29.0 Å². The molecule has 0 aliphatic rings. The summed E-state index contributed by atoms with van der Waals surface area (Å²) in [6.07, 6.45) is 1.61. The number of hydrogen-bond acceptors (Lipinski definition) is 4. The standard InChI is InChI=1S/C12H18N2O3S2/c1-4-8-14(11(3)15)9-7-13-19(16,17)12-6-5-10(2)18-12/h4-6,13H,1,7-9H2,2-3H3. The Hall–Kier alpha value is -1.18. The molecule has 1 rings (SSSR count). The van der Waals surface area contributed by atoms with E-state index in [9.17, 15) is 13.2 Å². The number of rotatable bonds is 7. The number of thiophene rings is 1. The van der Waals surface area contributed by atoms with E-state index >= 15 is 0 Å². The molecule has 1 heterocycles. The van der Waals surface area contributed by atoms with Crippen molar-refractivity contribution < 1.29 is 13.2 Å². The minimum atomic E-state index is -3.47. The predicted molar refractivity (Wildman–Crippen MR) is 76.7 cm³/mol. The highest BCUT2D eigenvalue weighted by Gasteiger charge is 2.16. The van der Waals surface area contributed by atoms with Gasteiger partial charge in [0.25, 0.3) is 0 Å². The molecule has 0 aromatic carbocycles. The van der Waals surface area contributed by atoms with E-state index in [-0.39, 0.29) is 12.5 Å². The normalized spacial score (nSPS) is 11.3. The first-order valence-electron chi connectivity index (χ1n) is 5.79. The van der Waals surface area contributed by atoms with Crippen molar-refractivity contribution in [3.05, 3.63) is 29.7 Å². The van der Waals surface area contributed by atoms with Crippen molar-refractivity contribution in [1.82, 2.24) is 9.62 Å². The van der Waals surface area contributed by atoms with Crippen LogP contribution in [0.3, 0.4) is 0 Å². The lowest BCUT2D eigenvalue weighted by molar-refractivity contribution is -0.128. The second kappa shape index (κ2) is 6.83. The summed E-state index contributed by atoms with van der Waals surface area (Å²) in [4.78, 5) is 13.7. The number of nitrogens with one attached hydrogen (secondary N) is 1. The number of carbonyl (C=O) groups is 1. The van der Waals surface area contributed by atoms with E-state index in [1.165, 1.54) is 23.2 Å². The third kappa shape index (κ3) is 4.77. The van der Waals surface area contributed by atoms with Crippen LogP contribution in [0.1, 0.15) is 11.8 Å². The van der Waals surface area contributed by atoms with Crippen molar-refractivity contribution in [3.63, 3.8) is 0 Å². The quantitative estimate of drug-likeness (QED) is 0.774. The molecule has 0 fully saturated rings. The molecule has 0 radical (unpaired) electrons. The van der Waals surface area contributed by atoms with E-state index in [4.69, 9.17) is 0 Å². The van der Waals surface area contributed by atoms with E-state index < -0.39 is 10.0 Å². The highest BCUT2D eigenvalue weighted by Crippen LogP contribution is 2.19. The zero-order valence-electron chi connectivity index (χ0n) is 11.0. The predicted octanol–water partition coefficient (Wildman–Crippen LogP) is 1.37. The Balaban J connectivity index is 2.56. The van der Waals surface area contributed by atoms with Gasteiger partial charge >= 0.3 is 0 Å². The first-order valence-corrected chi connectivity index (χ1v) is 8.09. The Labute approximate surface area is 118 Å². The maximum atomic E-state index is 11.9. The molecule has 0 aliphatic heterocycles. The van der Waals surface area contributed by atoms with Crippen LogP contribution in [0.2, 0.25) is 0 Å². The minimum absolute atomic E-state index is 0.105. The zero-order chi connectivity index (χ0) is 14.5. The average Bonchev–Trinajstić information content (AvgIpc) is 2.75. The summed E-state index contributed by atoms with van der Waals surface area (Å²) >= 11 is 1.22. The van der Waals surface area contributed by atoms with E-state index in [2.05, 4.69) is 11.3 Å². The van der Waals surface area contributed by atoms with Gasteiger partial charge in [0.1, 0.15) is 4.21 Å². The van der Waals surface area contributed by atoms with Crippen LogP contribution < -0.4 is 4.72 Å². The minimum Gasteiger partial charge on any atom is -0.338 e. The second-order valence-electron chi connectivity index (χ2n) is 4.02. The summed E-state index contributed by atoms with van der Waals surface area (Å²) in [5.74, 6) is -0.105. The van der Waals surface area contributed by atoms with Crippen LogP contribution in [0.4, 0.5) is 0 Å². The Bertz CT molecular complexity index is 549. The van der Waals surface area contributed by atoms with Crippen LogP contribution in [-0.2, 0) is 14.8 Å². The highest BCUT2D eigenvalue weighted by atomic mass is 32.2. The summed E-state index contributed by atoms with van der Waals surface area (Å²) < 4.78 is 26.6. The van der Waals surface area contributed by atoms with Gasteiger partial charge in [0.05, 0.1) is 0 Å². The first-order chi connectivity index (χ1) is 8.86. The molecule has 7 heteroatoms. The molecular weight excluding hydrogens is 284 g/mol. The van der Waals surface area contributed by atoms with E-state index in [1.54, 1.807) is 18.2 Å². The monoisotopic (exact) mass is 302 g/mol. The lowest BCUT2D eigenvalue weighted by Crippen LogP contribution is -2.37. The van der Waals surface area contributed by atoms with Gasteiger partial charge < -0.3 is 4.90 Å².